The number of halogens is 1. The fraction of sp³-hybridized carbons (Fsp3) is 0.571. The van der Waals surface area contributed by atoms with Gasteiger partial charge in [0.15, 0.2) is 7.85 Å². The highest BCUT2D eigenvalue weighted by Crippen LogP contribution is 2.38. The molecule has 98 valence electrons. The highest BCUT2D eigenvalue weighted by atomic mass is 35.5. The molecule has 0 atom stereocenters. The van der Waals surface area contributed by atoms with Gasteiger partial charge in [-0.2, -0.15) is 0 Å². The lowest BCUT2D eigenvalue weighted by Gasteiger charge is -2.43. The van der Waals surface area contributed by atoms with E-state index in [1.54, 1.807) is 0 Å². The van der Waals surface area contributed by atoms with Gasteiger partial charge in [-0.25, -0.2) is 0 Å². The molecule has 1 N–H and O–H groups in total. The van der Waals surface area contributed by atoms with E-state index in [0.29, 0.717) is 23.6 Å². The van der Waals surface area contributed by atoms with Gasteiger partial charge in [0.2, 0.25) is 0 Å². The number of rotatable bonds is 2. The number of aliphatic hydroxyl groups excluding tert-OH is 1. The lowest BCUT2D eigenvalue weighted by atomic mass is 9.64. The van der Waals surface area contributed by atoms with Gasteiger partial charge in [-0.05, 0) is 23.1 Å². The van der Waals surface area contributed by atoms with Gasteiger partial charge in [-0.15, -0.1) is 0 Å². The van der Waals surface area contributed by atoms with Crippen LogP contribution in [-0.2, 0) is 5.41 Å². The molecule has 1 aromatic carbocycles. The fourth-order valence-electron chi connectivity index (χ4n) is 2.34. The van der Waals surface area contributed by atoms with Crippen molar-refractivity contribution in [2.75, 3.05) is 0 Å². The summed E-state index contributed by atoms with van der Waals surface area (Å²) in [6, 6.07) is 5.95. The Morgan fingerprint density at radius 3 is 2.44 bits per heavy atom. The zero-order valence-corrected chi connectivity index (χ0v) is 12.2. The van der Waals surface area contributed by atoms with Gasteiger partial charge in [-0.3, -0.25) is 0 Å². The molecular formula is C14H20BClO2. The molecular weight excluding hydrogens is 246 g/mol. The maximum absolute atomic E-state index is 9.37. The molecule has 0 aromatic heterocycles. The predicted molar refractivity (Wildman–Crippen MR) is 77.3 cm³/mol. The molecule has 4 heteroatoms. The first-order valence-electron chi connectivity index (χ1n) is 6.37. The molecule has 0 unspecified atom stereocenters. The minimum absolute atomic E-state index is 0.0821. The molecule has 0 saturated heterocycles. The Morgan fingerprint density at radius 2 is 2.00 bits per heavy atom. The van der Waals surface area contributed by atoms with E-state index in [1.165, 1.54) is 5.56 Å². The minimum Gasteiger partial charge on any atom is -0.495 e. The Kier molecular flexibility index (Phi) is 3.41. The van der Waals surface area contributed by atoms with Crippen LogP contribution in [-0.4, -0.2) is 24.6 Å². The standard InChI is InChI=1S/C14H20BClO2/c1-13(2,3)9-4-5-12(11(16)6-9)18-14(15)7-10(17)8-14/h4-6,10,17H,7-8,15H2,1-3H3. The summed E-state index contributed by atoms with van der Waals surface area (Å²) in [4.78, 5) is 0. The fourth-order valence-corrected chi connectivity index (χ4v) is 2.56. The van der Waals surface area contributed by atoms with Crippen LogP contribution in [0.5, 0.6) is 5.75 Å². The van der Waals surface area contributed by atoms with Crippen molar-refractivity contribution in [1.29, 1.82) is 0 Å². The van der Waals surface area contributed by atoms with Gasteiger partial charge in [0.05, 0.1) is 16.6 Å². The second-order valence-corrected chi connectivity index (χ2v) is 6.92. The topological polar surface area (TPSA) is 29.5 Å². The molecule has 0 amide bonds. The summed E-state index contributed by atoms with van der Waals surface area (Å²) in [5, 5.41) is 10.0. The van der Waals surface area contributed by atoms with E-state index in [9.17, 15) is 5.11 Å². The van der Waals surface area contributed by atoms with E-state index < -0.39 is 0 Å². The van der Waals surface area contributed by atoms with Gasteiger partial charge < -0.3 is 9.84 Å². The molecule has 1 aliphatic carbocycles. The monoisotopic (exact) mass is 266 g/mol. The van der Waals surface area contributed by atoms with E-state index in [2.05, 4.69) is 26.8 Å². The molecule has 1 fully saturated rings. The number of hydrogen-bond donors (Lipinski definition) is 1. The van der Waals surface area contributed by atoms with Crippen LogP contribution in [0.1, 0.15) is 39.2 Å². The molecule has 0 spiro atoms. The zero-order chi connectivity index (χ0) is 13.6. The maximum atomic E-state index is 9.37. The molecule has 1 saturated carbocycles. The quantitative estimate of drug-likeness (QED) is 0.834. The molecule has 1 aliphatic rings. The second-order valence-electron chi connectivity index (χ2n) is 6.51. The van der Waals surface area contributed by atoms with E-state index in [1.807, 2.05) is 20.0 Å². The molecule has 1 aromatic rings. The first-order valence-corrected chi connectivity index (χ1v) is 6.75. The first kappa shape index (κ1) is 13.8. The lowest BCUT2D eigenvalue weighted by Crippen LogP contribution is -2.52. The number of hydrogen-bond acceptors (Lipinski definition) is 2. The van der Waals surface area contributed by atoms with E-state index >= 15 is 0 Å². The summed E-state index contributed by atoms with van der Waals surface area (Å²) in [6.07, 6.45) is 1.11. The minimum atomic E-state index is -0.272. The molecule has 0 heterocycles. The van der Waals surface area contributed by atoms with Crippen LogP contribution in [0.2, 0.25) is 5.02 Å². The van der Waals surface area contributed by atoms with E-state index in [4.69, 9.17) is 16.3 Å². The van der Waals surface area contributed by atoms with Gasteiger partial charge in [-0.1, -0.05) is 38.4 Å². The lowest BCUT2D eigenvalue weighted by molar-refractivity contribution is -0.0396. The third-order valence-electron chi connectivity index (χ3n) is 3.49. The Labute approximate surface area is 115 Å². The Morgan fingerprint density at radius 1 is 1.39 bits per heavy atom. The molecule has 2 nitrogen and oxygen atoms in total. The highest BCUT2D eigenvalue weighted by Gasteiger charge is 2.41. The SMILES string of the molecule is BC1(Oc2ccc(C(C)(C)C)cc2Cl)CC(O)C1. The summed E-state index contributed by atoms with van der Waals surface area (Å²) < 4.78 is 5.91. The van der Waals surface area contributed by atoms with Crippen molar-refractivity contribution < 1.29 is 9.84 Å². The third-order valence-corrected chi connectivity index (χ3v) is 3.78. The average Bonchev–Trinajstić information content (AvgIpc) is 2.17. The Hall–Kier alpha value is -0.665. The van der Waals surface area contributed by atoms with Crippen molar-refractivity contribution in [3.63, 3.8) is 0 Å². The van der Waals surface area contributed by atoms with E-state index in [0.717, 1.165) is 0 Å². The summed E-state index contributed by atoms with van der Waals surface area (Å²) >= 11 is 6.27. The summed E-state index contributed by atoms with van der Waals surface area (Å²) in [5.74, 6) is 0.707. The predicted octanol–water partition coefficient (Wildman–Crippen LogP) is 2.50. The van der Waals surface area contributed by atoms with Gasteiger partial charge in [0.25, 0.3) is 0 Å². The van der Waals surface area contributed by atoms with Crippen LogP contribution < -0.4 is 4.74 Å². The summed E-state index contributed by atoms with van der Waals surface area (Å²) in [6.45, 7) is 6.47. The van der Waals surface area contributed by atoms with Crippen LogP contribution in [0, 0.1) is 0 Å². The van der Waals surface area contributed by atoms with Crippen LogP contribution in [0.25, 0.3) is 0 Å². The first-order chi connectivity index (χ1) is 8.20. The van der Waals surface area contributed by atoms with Crippen molar-refractivity contribution in [2.45, 2.75) is 50.6 Å². The van der Waals surface area contributed by atoms with Gasteiger partial charge >= 0.3 is 0 Å². The number of ether oxygens (including phenoxy) is 1. The Bertz CT molecular complexity index is 448. The normalized spacial score (nSPS) is 27.7. The van der Waals surface area contributed by atoms with Gasteiger partial charge in [0.1, 0.15) is 5.75 Å². The van der Waals surface area contributed by atoms with E-state index in [-0.39, 0.29) is 17.0 Å². The highest BCUT2D eigenvalue weighted by molar-refractivity contribution is 6.32. The molecule has 0 aliphatic heterocycles. The Balaban J connectivity index is 2.16. The second kappa shape index (κ2) is 4.46. The molecule has 18 heavy (non-hydrogen) atoms. The maximum Gasteiger partial charge on any atom is 0.159 e. The number of aliphatic hydroxyl groups is 1. The van der Waals surface area contributed by atoms with Crippen molar-refractivity contribution in [3.8, 4) is 5.75 Å². The molecule has 0 bridgehead atoms. The van der Waals surface area contributed by atoms with Crippen LogP contribution in [0.3, 0.4) is 0 Å². The van der Waals surface area contributed by atoms with Crippen molar-refractivity contribution in [2.24, 2.45) is 0 Å². The van der Waals surface area contributed by atoms with Crippen LogP contribution in [0.15, 0.2) is 18.2 Å². The van der Waals surface area contributed by atoms with Crippen molar-refractivity contribution >= 4 is 19.4 Å². The average molecular weight is 267 g/mol. The third kappa shape index (κ3) is 2.84. The van der Waals surface area contributed by atoms with Crippen LogP contribution >= 0.6 is 11.6 Å². The largest absolute Gasteiger partial charge is 0.495 e. The van der Waals surface area contributed by atoms with Gasteiger partial charge in [0, 0.05) is 12.8 Å². The summed E-state index contributed by atoms with van der Waals surface area (Å²) in [7, 11) is 2.01. The number of benzene rings is 1. The smallest absolute Gasteiger partial charge is 0.159 e. The molecule has 0 radical (unpaired) electrons. The molecule has 2 rings (SSSR count). The van der Waals surface area contributed by atoms with Crippen molar-refractivity contribution in [1.82, 2.24) is 0 Å². The van der Waals surface area contributed by atoms with Crippen LogP contribution in [0.4, 0.5) is 0 Å². The zero-order valence-electron chi connectivity index (χ0n) is 11.5. The summed E-state index contributed by atoms with van der Waals surface area (Å²) in [5.41, 5.74) is 1.00. The van der Waals surface area contributed by atoms with Crippen molar-refractivity contribution in [3.05, 3.63) is 28.8 Å².